The van der Waals surface area contributed by atoms with Gasteiger partial charge in [-0.15, -0.1) is 0 Å². The van der Waals surface area contributed by atoms with Crippen LogP contribution in [0.1, 0.15) is 5.56 Å². The molecule has 0 aliphatic rings. The van der Waals surface area contributed by atoms with E-state index in [4.69, 9.17) is 9.97 Å². The van der Waals surface area contributed by atoms with Gasteiger partial charge in [0.25, 0.3) is 0 Å². The van der Waals surface area contributed by atoms with Gasteiger partial charge in [0.1, 0.15) is 11.4 Å². The van der Waals surface area contributed by atoms with Gasteiger partial charge in [0, 0.05) is 26.5 Å². The van der Waals surface area contributed by atoms with E-state index >= 15 is 0 Å². The summed E-state index contributed by atoms with van der Waals surface area (Å²) in [4.78, 5) is 19.2. The van der Waals surface area contributed by atoms with Gasteiger partial charge in [-0.25, -0.2) is 0 Å². The molecular formula is C39H30N6. The van der Waals surface area contributed by atoms with Gasteiger partial charge in [-0.3, -0.25) is 19.9 Å². The lowest BCUT2D eigenvalue weighted by atomic mass is 9.94. The van der Waals surface area contributed by atoms with Crippen molar-refractivity contribution in [3.63, 3.8) is 0 Å². The Kier molecular flexibility index (Phi) is 7.29. The number of pyridine rings is 6. The SMILES string of the molecule is [CH2-][n+]1ccccc1-c1cc(-c2cc(C)cc(-c3cc(-c4ccccn4)nc(-c4cccc[n+]4[CH2-])c3)c2)cc(-c2ccccn2)n1. The molecule has 7 rings (SSSR count). The molecule has 0 saturated heterocycles. The second kappa shape index (κ2) is 11.9. The van der Waals surface area contributed by atoms with Crippen molar-refractivity contribution >= 4 is 0 Å². The van der Waals surface area contributed by atoms with E-state index in [0.717, 1.165) is 73.4 Å². The minimum atomic E-state index is 0.794. The van der Waals surface area contributed by atoms with Crippen LogP contribution in [0.2, 0.25) is 0 Å². The van der Waals surface area contributed by atoms with Gasteiger partial charge in [0.05, 0.1) is 46.6 Å². The summed E-state index contributed by atoms with van der Waals surface area (Å²) in [5, 5.41) is 0. The smallest absolute Gasteiger partial charge is 0.130 e. The number of aromatic nitrogens is 6. The van der Waals surface area contributed by atoms with Crippen molar-refractivity contribution in [2.75, 3.05) is 0 Å². The summed E-state index contributed by atoms with van der Waals surface area (Å²) >= 11 is 0. The zero-order valence-corrected chi connectivity index (χ0v) is 24.9. The number of rotatable bonds is 6. The summed E-state index contributed by atoms with van der Waals surface area (Å²) in [6, 6.07) is 38.8. The molecule has 0 saturated carbocycles. The maximum atomic E-state index is 5.02. The number of hydrogen-bond acceptors (Lipinski definition) is 4. The number of hydrogen-bond donors (Lipinski definition) is 0. The van der Waals surface area contributed by atoms with E-state index in [9.17, 15) is 0 Å². The first-order chi connectivity index (χ1) is 22.0. The van der Waals surface area contributed by atoms with E-state index in [1.807, 2.05) is 94.3 Å². The Morgan fingerprint density at radius 3 is 1.29 bits per heavy atom. The Balaban J connectivity index is 1.42. The second-order valence-corrected chi connectivity index (χ2v) is 10.9. The summed E-state index contributed by atoms with van der Waals surface area (Å²) in [6.07, 6.45) is 7.44. The predicted octanol–water partition coefficient (Wildman–Crippen LogP) is 7.43. The molecule has 0 fully saturated rings. The highest BCUT2D eigenvalue weighted by molar-refractivity contribution is 5.81. The Morgan fingerprint density at radius 1 is 0.444 bits per heavy atom. The van der Waals surface area contributed by atoms with Gasteiger partial charge in [-0.1, -0.05) is 48.5 Å². The van der Waals surface area contributed by atoms with Gasteiger partial charge >= 0.3 is 0 Å². The third kappa shape index (κ3) is 5.77. The highest BCUT2D eigenvalue weighted by atomic mass is 14.9. The van der Waals surface area contributed by atoms with Crippen molar-refractivity contribution in [1.29, 1.82) is 0 Å². The van der Waals surface area contributed by atoms with Crippen molar-refractivity contribution in [2.45, 2.75) is 6.92 Å². The Hall–Kier alpha value is -6.14. The lowest BCUT2D eigenvalue weighted by Crippen LogP contribution is -2.27. The van der Waals surface area contributed by atoms with Crippen LogP contribution >= 0.6 is 0 Å². The van der Waals surface area contributed by atoms with Gasteiger partial charge < -0.3 is 9.13 Å². The lowest BCUT2D eigenvalue weighted by molar-refractivity contribution is -0.601. The molecule has 6 heterocycles. The van der Waals surface area contributed by atoms with Gasteiger partial charge in [0.2, 0.25) is 0 Å². The summed E-state index contributed by atoms with van der Waals surface area (Å²) in [5.74, 6) is 0. The molecule has 0 bridgehead atoms. The third-order valence-corrected chi connectivity index (χ3v) is 7.66. The Bertz CT molecular complexity index is 1990. The number of benzene rings is 1. The van der Waals surface area contributed by atoms with Crippen LogP contribution in [0.5, 0.6) is 0 Å². The zero-order valence-electron chi connectivity index (χ0n) is 24.9. The Labute approximate surface area is 263 Å². The highest BCUT2D eigenvalue weighted by Gasteiger charge is 2.15. The van der Waals surface area contributed by atoms with Crippen LogP contribution in [-0.2, 0) is 0 Å². The van der Waals surface area contributed by atoms with Crippen molar-refractivity contribution in [3.05, 3.63) is 160 Å². The molecule has 0 amide bonds. The van der Waals surface area contributed by atoms with E-state index in [-0.39, 0.29) is 0 Å². The summed E-state index contributed by atoms with van der Waals surface area (Å²) in [6.45, 7) is 2.12. The average molecular weight is 583 g/mol. The van der Waals surface area contributed by atoms with Crippen LogP contribution in [0.25, 0.3) is 67.8 Å². The molecule has 6 heteroatoms. The van der Waals surface area contributed by atoms with Gasteiger partial charge in [0.15, 0.2) is 0 Å². The van der Waals surface area contributed by atoms with E-state index in [2.05, 4.69) is 73.5 Å². The van der Waals surface area contributed by atoms with E-state index in [1.54, 1.807) is 12.4 Å². The molecule has 0 aliphatic heterocycles. The van der Waals surface area contributed by atoms with Crippen molar-refractivity contribution in [2.24, 2.45) is 0 Å². The first-order valence-electron chi connectivity index (χ1n) is 14.7. The molecule has 216 valence electrons. The third-order valence-electron chi connectivity index (χ3n) is 7.66. The van der Waals surface area contributed by atoms with Crippen LogP contribution in [0.3, 0.4) is 0 Å². The van der Waals surface area contributed by atoms with E-state index in [0.29, 0.717) is 0 Å². The number of nitrogens with zero attached hydrogens (tertiary/aromatic N) is 6. The Morgan fingerprint density at radius 2 is 0.867 bits per heavy atom. The summed E-state index contributed by atoms with van der Waals surface area (Å²) < 4.78 is 3.68. The molecule has 0 radical (unpaired) electrons. The highest BCUT2D eigenvalue weighted by Crippen LogP contribution is 2.34. The first-order valence-corrected chi connectivity index (χ1v) is 14.7. The molecule has 0 atom stereocenters. The van der Waals surface area contributed by atoms with Crippen LogP contribution in [0, 0.1) is 21.0 Å². The normalized spacial score (nSPS) is 11.0. The zero-order chi connectivity index (χ0) is 30.8. The monoisotopic (exact) mass is 582 g/mol. The van der Waals surface area contributed by atoms with E-state index in [1.165, 1.54) is 0 Å². The molecule has 7 aromatic rings. The fourth-order valence-corrected chi connectivity index (χ4v) is 5.48. The van der Waals surface area contributed by atoms with Crippen LogP contribution < -0.4 is 9.13 Å². The standard InChI is InChI=1S/C39H30N6/c1-27-20-28(30-23-34(32-12-4-8-16-40-32)42-36(25-30)38-14-6-10-18-44(38)2)22-29(21-27)31-24-35(33-13-5-9-17-41-33)43-37(26-31)39-15-7-11-19-45(39)3/h4-26H,2-3H2,1H3. The minimum absolute atomic E-state index is 0.794. The fraction of sp³-hybridized carbons (Fsp3) is 0.0256. The molecular weight excluding hydrogens is 552 g/mol. The topological polar surface area (TPSA) is 59.3 Å². The first kappa shape index (κ1) is 27.7. The molecule has 45 heavy (non-hydrogen) atoms. The summed E-state index contributed by atoms with van der Waals surface area (Å²) in [5.41, 5.74) is 12.0. The average Bonchev–Trinajstić information content (AvgIpc) is 3.09. The second-order valence-electron chi connectivity index (χ2n) is 10.9. The van der Waals surface area contributed by atoms with Gasteiger partial charge in [-0.05, 0) is 101 Å². The van der Waals surface area contributed by atoms with Gasteiger partial charge in [-0.2, -0.15) is 0 Å². The molecule has 6 nitrogen and oxygen atoms in total. The molecule has 1 aromatic carbocycles. The number of aryl methyl sites for hydroxylation is 1. The van der Waals surface area contributed by atoms with Crippen LogP contribution in [-0.4, -0.2) is 19.9 Å². The lowest BCUT2D eigenvalue weighted by Gasteiger charge is -2.15. The largest absolute Gasteiger partial charge is 0.332 e. The molecule has 0 aliphatic carbocycles. The molecule has 0 unspecified atom stereocenters. The van der Waals surface area contributed by atoms with Crippen LogP contribution in [0.4, 0.5) is 0 Å². The minimum Gasteiger partial charge on any atom is -0.332 e. The van der Waals surface area contributed by atoms with Crippen molar-refractivity contribution < 1.29 is 9.13 Å². The maximum absolute atomic E-state index is 5.02. The molecule has 0 spiro atoms. The van der Waals surface area contributed by atoms with Crippen LogP contribution in [0.15, 0.2) is 140 Å². The summed E-state index contributed by atoms with van der Waals surface area (Å²) in [7, 11) is 8.37. The maximum Gasteiger partial charge on any atom is 0.130 e. The van der Waals surface area contributed by atoms with Crippen molar-refractivity contribution in [3.8, 4) is 67.8 Å². The van der Waals surface area contributed by atoms with E-state index < -0.39 is 0 Å². The molecule has 6 aromatic heterocycles. The quantitative estimate of drug-likeness (QED) is 0.151. The predicted molar refractivity (Wildman–Crippen MR) is 177 cm³/mol. The fourth-order valence-electron chi connectivity index (χ4n) is 5.48. The molecule has 0 N–H and O–H groups in total. The van der Waals surface area contributed by atoms with Crippen molar-refractivity contribution in [1.82, 2.24) is 19.9 Å².